The van der Waals surface area contributed by atoms with Crippen LogP contribution in [0.5, 0.6) is 0 Å². The summed E-state index contributed by atoms with van der Waals surface area (Å²) in [4.78, 5) is 40.1. The van der Waals surface area contributed by atoms with Crippen molar-refractivity contribution in [1.29, 1.82) is 0 Å². The van der Waals surface area contributed by atoms with Crippen LogP contribution in [-0.4, -0.2) is 73.0 Å². The second-order valence-electron chi connectivity index (χ2n) is 9.53. The number of epoxide rings is 1. The molecule has 2 fully saturated rings. The summed E-state index contributed by atoms with van der Waals surface area (Å²) >= 11 is 0. The molecule has 0 aromatic heterocycles. The average Bonchev–Trinajstić information content (AvgIpc) is 3.14. The van der Waals surface area contributed by atoms with E-state index in [0.717, 1.165) is 0 Å². The lowest BCUT2D eigenvalue weighted by Crippen LogP contribution is -2.49. The molecule has 1 aromatic carbocycles. The molecule has 5 rings (SSSR count). The minimum atomic E-state index is -0.744. The SMILES string of the molecule is CC1C(=O)OC2CC3(C)OC3C(OC(=O)c3ccccc3)C(N(C)C)C3=CC(OC3=O)C21. The van der Waals surface area contributed by atoms with Crippen LogP contribution >= 0.6 is 0 Å². The fraction of sp³-hybridized carbons (Fsp3) is 0.542. The normalized spacial score (nSPS) is 40.0. The third-order valence-electron chi connectivity index (χ3n) is 7.13. The number of carbonyl (C=O) groups excluding carboxylic acids is 3. The molecule has 32 heavy (non-hydrogen) atoms. The highest BCUT2D eigenvalue weighted by atomic mass is 16.6. The quantitative estimate of drug-likeness (QED) is 0.398. The number of rotatable bonds is 3. The van der Waals surface area contributed by atoms with Gasteiger partial charge in [-0.3, -0.25) is 9.69 Å². The second kappa shape index (κ2) is 7.42. The van der Waals surface area contributed by atoms with Crippen molar-refractivity contribution in [2.75, 3.05) is 14.1 Å². The first kappa shape index (κ1) is 21.2. The number of fused-ring (bicyclic) bond motifs is 4. The monoisotopic (exact) mass is 441 g/mol. The molecule has 8 nitrogen and oxygen atoms in total. The molecule has 2 saturated heterocycles. The third kappa shape index (κ3) is 3.33. The zero-order chi connectivity index (χ0) is 22.8. The smallest absolute Gasteiger partial charge is 0.338 e. The maximum atomic E-state index is 13.0. The Morgan fingerprint density at radius 3 is 2.56 bits per heavy atom. The Bertz CT molecular complexity index is 989. The van der Waals surface area contributed by atoms with Crippen LogP contribution in [-0.2, 0) is 28.5 Å². The van der Waals surface area contributed by atoms with Gasteiger partial charge in [-0.25, -0.2) is 9.59 Å². The van der Waals surface area contributed by atoms with Crippen LogP contribution in [0.4, 0.5) is 0 Å². The van der Waals surface area contributed by atoms with E-state index in [1.165, 1.54) is 0 Å². The molecule has 3 heterocycles. The molecule has 8 unspecified atom stereocenters. The first-order valence-electron chi connectivity index (χ1n) is 10.9. The van der Waals surface area contributed by atoms with E-state index in [-0.39, 0.29) is 11.9 Å². The van der Waals surface area contributed by atoms with E-state index in [1.807, 2.05) is 32.0 Å². The van der Waals surface area contributed by atoms with Gasteiger partial charge in [0.2, 0.25) is 0 Å². The average molecular weight is 441 g/mol. The van der Waals surface area contributed by atoms with Crippen LogP contribution < -0.4 is 0 Å². The van der Waals surface area contributed by atoms with Crippen molar-refractivity contribution in [3.8, 4) is 0 Å². The standard InChI is InChI=1S/C24H27NO7/c1-12-17-15-10-14(23(28)29-15)18(25(3)4)19(31-22(27)13-8-6-5-7-9-13)20-24(2,32-20)11-16(17)30-21(12)26/h5-10,12,15-20H,11H2,1-4H3. The Morgan fingerprint density at radius 2 is 1.88 bits per heavy atom. The van der Waals surface area contributed by atoms with Gasteiger partial charge in [0.05, 0.1) is 28.7 Å². The van der Waals surface area contributed by atoms with Gasteiger partial charge in [-0.15, -0.1) is 0 Å². The van der Waals surface area contributed by atoms with Gasteiger partial charge >= 0.3 is 17.9 Å². The highest BCUT2D eigenvalue weighted by Gasteiger charge is 2.65. The molecule has 1 aliphatic carbocycles. The number of ether oxygens (including phenoxy) is 4. The van der Waals surface area contributed by atoms with E-state index >= 15 is 0 Å². The molecule has 0 N–H and O–H groups in total. The molecule has 8 atom stereocenters. The highest BCUT2D eigenvalue weighted by molar-refractivity contribution is 5.93. The number of hydrogen-bond acceptors (Lipinski definition) is 8. The van der Waals surface area contributed by atoms with Gasteiger partial charge in [0.1, 0.15) is 18.3 Å². The fourth-order valence-electron chi connectivity index (χ4n) is 5.41. The van der Waals surface area contributed by atoms with Gasteiger partial charge in [-0.1, -0.05) is 25.1 Å². The van der Waals surface area contributed by atoms with Crippen LogP contribution in [0.3, 0.4) is 0 Å². The highest BCUT2D eigenvalue weighted by Crippen LogP contribution is 2.51. The maximum absolute atomic E-state index is 13.0. The zero-order valence-electron chi connectivity index (χ0n) is 18.5. The molecule has 1 aromatic rings. The number of benzene rings is 1. The summed E-state index contributed by atoms with van der Waals surface area (Å²) in [6, 6.07) is 8.16. The Hall–Kier alpha value is -2.71. The van der Waals surface area contributed by atoms with Crippen molar-refractivity contribution in [3.63, 3.8) is 0 Å². The number of hydrogen-bond donors (Lipinski definition) is 0. The summed E-state index contributed by atoms with van der Waals surface area (Å²) in [5, 5.41) is 0. The Labute approximate surface area is 186 Å². The predicted octanol–water partition coefficient (Wildman–Crippen LogP) is 1.73. The van der Waals surface area contributed by atoms with Crippen LogP contribution in [0.25, 0.3) is 0 Å². The lowest BCUT2D eigenvalue weighted by molar-refractivity contribution is -0.144. The number of carbonyl (C=O) groups is 3. The van der Waals surface area contributed by atoms with Crippen LogP contribution in [0.15, 0.2) is 42.0 Å². The summed E-state index contributed by atoms with van der Waals surface area (Å²) in [6.45, 7) is 3.74. The summed E-state index contributed by atoms with van der Waals surface area (Å²) in [5.41, 5.74) is 0.184. The molecule has 0 saturated carbocycles. The van der Waals surface area contributed by atoms with Crippen LogP contribution in [0, 0.1) is 11.8 Å². The molecule has 170 valence electrons. The van der Waals surface area contributed by atoms with E-state index in [4.69, 9.17) is 18.9 Å². The van der Waals surface area contributed by atoms with Crippen molar-refractivity contribution in [1.82, 2.24) is 4.90 Å². The molecule has 0 amide bonds. The van der Waals surface area contributed by atoms with Crippen molar-refractivity contribution in [3.05, 3.63) is 47.5 Å². The lowest BCUT2D eigenvalue weighted by atomic mass is 9.79. The molecular weight excluding hydrogens is 414 g/mol. The van der Waals surface area contributed by atoms with E-state index in [9.17, 15) is 14.4 Å². The molecule has 4 aliphatic rings. The predicted molar refractivity (Wildman–Crippen MR) is 112 cm³/mol. The second-order valence-corrected chi connectivity index (χ2v) is 9.53. The van der Waals surface area contributed by atoms with E-state index in [1.54, 1.807) is 37.3 Å². The van der Waals surface area contributed by atoms with Gasteiger partial charge < -0.3 is 18.9 Å². The first-order valence-corrected chi connectivity index (χ1v) is 10.9. The topological polar surface area (TPSA) is 94.7 Å². The minimum absolute atomic E-state index is 0.281. The van der Waals surface area contributed by atoms with E-state index < -0.39 is 53.9 Å². The summed E-state index contributed by atoms with van der Waals surface area (Å²) in [6.07, 6.45) is 0.000215. The van der Waals surface area contributed by atoms with Crippen molar-refractivity contribution in [2.45, 2.75) is 56.3 Å². The Kier molecular flexibility index (Phi) is 4.90. The molecular formula is C24H27NO7. The Morgan fingerprint density at radius 1 is 1.16 bits per heavy atom. The first-order chi connectivity index (χ1) is 15.2. The zero-order valence-corrected chi connectivity index (χ0v) is 18.5. The van der Waals surface area contributed by atoms with Crippen molar-refractivity contribution in [2.24, 2.45) is 11.8 Å². The van der Waals surface area contributed by atoms with Gasteiger partial charge in [0.25, 0.3) is 0 Å². The Balaban J connectivity index is 1.55. The minimum Gasteiger partial charge on any atom is -0.462 e. The molecule has 8 heteroatoms. The molecule has 3 aliphatic heterocycles. The summed E-state index contributed by atoms with van der Waals surface area (Å²) in [5.74, 6) is -1.92. The summed E-state index contributed by atoms with van der Waals surface area (Å²) < 4.78 is 23.5. The molecule has 2 bridgehead atoms. The summed E-state index contributed by atoms with van der Waals surface area (Å²) in [7, 11) is 3.66. The fourth-order valence-corrected chi connectivity index (χ4v) is 5.41. The van der Waals surface area contributed by atoms with Gasteiger partial charge in [0.15, 0.2) is 6.10 Å². The molecule has 0 radical (unpaired) electrons. The lowest BCUT2D eigenvalue weighted by Gasteiger charge is -2.32. The van der Waals surface area contributed by atoms with Gasteiger partial charge in [-0.2, -0.15) is 0 Å². The molecule has 0 spiro atoms. The van der Waals surface area contributed by atoms with Crippen LogP contribution in [0.1, 0.15) is 30.6 Å². The third-order valence-corrected chi connectivity index (χ3v) is 7.13. The number of nitrogens with zero attached hydrogens (tertiary/aromatic N) is 1. The number of esters is 3. The van der Waals surface area contributed by atoms with Crippen LogP contribution in [0.2, 0.25) is 0 Å². The number of likely N-dealkylation sites (N-methyl/N-ethyl adjacent to an activating group) is 1. The largest absolute Gasteiger partial charge is 0.462 e. The van der Waals surface area contributed by atoms with Crippen molar-refractivity contribution < 1.29 is 33.3 Å². The van der Waals surface area contributed by atoms with E-state index in [2.05, 4.69) is 0 Å². The van der Waals surface area contributed by atoms with E-state index in [0.29, 0.717) is 17.6 Å². The van der Waals surface area contributed by atoms with Gasteiger partial charge in [0, 0.05) is 12.3 Å². The maximum Gasteiger partial charge on any atom is 0.338 e. The van der Waals surface area contributed by atoms with Gasteiger partial charge in [-0.05, 0) is 39.2 Å². The van der Waals surface area contributed by atoms with Crippen molar-refractivity contribution >= 4 is 17.9 Å².